The van der Waals surface area contributed by atoms with Gasteiger partial charge in [-0.05, 0) is 50.0 Å². The SMILES string of the molecule is CN(C[C@H]1OCC[C@H]1c1ncn[nH]1)C(=O)c1cc(C2CC2)[nH]c1C1CC1. The largest absolute Gasteiger partial charge is 0.376 e. The summed E-state index contributed by atoms with van der Waals surface area (Å²) < 4.78 is 5.90. The molecule has 1 aliphatic heterocycles. The highest BCUT2D eigenvalue weighted by molar-refractivity contribution is 5.96. The van der Waals surface area contributed by atoms with Crippen LogP contribution in [-0.4, -0.2) is 57.3 Å². The van der Waals surface area contributed by atoms with Crippen LogP contribution >= 0.6 is 0 Å². The minimum absolute atomic E-state index is 0.0388. The number of H-pyrrole nitrogens is 2. The van der Waals surface area contributed by atoms with E-state index < -0.39 is 0 Å². The van der Waals surface area contributed by atoms with Crippen molar-refractivity contribution in [1.82, 2.24) is 25.1 Å². The number of hydrogen-bond donors (Lipinski definition) is 2. The van der Waals surface area contributed by atoms with Crippen molar-refractivity contribution in [3.05, 3.63) is 35.2 Å². The summed E-state index contributed by atoms with van der Waals surface area (Å²) in [7, 11) is 1.88. The van der Waals surface area contributed by atoms with E-state index in [0.29, 0.717) is 25.0 Å². The zero-order valence-electron chi connectivity index (χ0n) is 15.1. The standard InChI is InChI=1S/C19H25N5O2/c1-24(9-16-13(6-7-26-16)18-20-10-21-23-18)19(25)14-8-15(11-2-3-11)22-17(14)12-4-5-12/h8,10-13,16,22H,2-7,9H2,1H3,(H,20,21,23)/t13-,16-/m1/s1. The zero-order valence-corrected chi connectivity index (χ0v) is 15.1. The van der Waals surface area contributed by atoms with Crippen LogP contribution in [0.25, 0.3) is 0 Å². The molecule has 0 unspecified atom stereocenters. The first-order valence-electron chi connectivity index (χ1n) is 9.66. The fourth-order valence-corrected chi connectivity index (χ4v) is 4.07. The maximum absolute atomic E-state index is 13.1. The van der Waals surface area contributed by atoms with Gasteiger partial charge in [0, 0.05) is 37.5 Å². The van der Waals surface area contributed by atoms with E-state index in [4.69, 9.17) is 4.74 Å². The van der Waals surface area contributed by atoms with Crippen LogP contribution in [0.4, 0.5) is 0 Å². The summed E-state index contributed by atoms with van der Waals surface area (Å²) in [6.07, 6.45) is 7.25. The molecule has 5 rings (SSSR count). The fourth-order valence-electron chi connectivity index (χ4n) is 4.07. The molecule has 1 amide bonds. The fraction of sp³-hybridized carbons (Fsp3) is 0.632. The second-order valence-corrected chi connectivity index (χ2v) is 7.96. The number of hydrogen-bond acceptors (Lipinski definition) is 4. The van der Waals surface area contributed by atoms with Gasteiger partial charge in [-0.25, -0.2) is 4.98 Å². The van der Waals surface area contributed by atoms with Crippen LogP contribution in [0.15, 0.2) is 12.4 Å². The average Bonchev–Trinajstić information content (AvgIpc) is 3.52. The molecule has 7 heteroatoms. The molecular weight excluding hydrogens is 330 g/mol. The van der Waals surface area contributed by atoms with Gasteiger partial charge in [-0.15, -0.1) is 0 Å². The summed E-state index contributed by atoms with van der Waals surface area (Å²) in [5, 5.41) is 6.90. The smallest absolute Gasteiger partial charge is 0.255 e. The van der Waals surface area contributed by atoms with Gasteiger partial charge in [-0.2, -0.15) is 5.10 Å². The van der Waals surface area contributed by atoms with E-state index >= 15 is 0 Å². The molecular formula is C19H25N5O2. The average molecular weight is 355 g/mol. The van der Waals surface area contributed by atoms with Gasteiger partial charge in [0.2, 0.25) is 0 Å². The van der Waals surface area contributed by atoms with Crippen LogP contribution in [0.2, 0.25) is 0 Å². The molecule has 3 aliphatic rings. The molecule has 2 aliphatic carbocycles. The van der Waals surface area contributed by atoms with Crippen molar-refractivity contribution < 1.29 is 9.53 Å². The first kappa shape index (κ1) is 16.1. The lowest BCUT2D eigenvalue weighted by Gasteiger charge is -2.24. The Labute approximate surface area is 152 Å². The first-order chi connectivity index (χ1) is 12.7. The monoisotopic (exact) mass is 355 g/mol. The van der Waals surface area contributed by atoms with Crippen LogP contribution < -0.4 is 0 Å². The highest BCUT2D eigenvalue weighted by Crippen LogP contribution is 2.45. The van der Waals surface area contributed by atoms with Crippen molar-refractivity contribution >= 4 is 5.91 Å². The van der Waals surface area contributed by atoms with E-state index in [1.807, 2.05) is 11.9 Å². The third kappa shape index (κ3) is 2.94. The summed E-state index contributed by atoms with van der Waals surface area (Å²) in [6, 6.07) is 2.10. The maximum Gasteiger partial charge on any atom is 0.255 e. The maximum atomic E-state index is 13.1. The third-order valence-electron chi connectivity index (χ3n) is 5.90. The molecule has 2 atom stereocenters. The molecule has 2 aromatic heterocycles. The molecule has 0 spiro atoms. The molecule has 0 bridgehead atoms. The molecule has 0 aromatic carbocycles. The van der Waals surface area contributed by atoms with Crippen molar-refractivity contribution in [2.45, 2.75) is 56.0 Å². The van der Waals surface area contributed by atoms with E-state index in [0.717, 1.165) is 23.5 Å². The lowest BCUT2D eigenvalue weighted by molar-refractivity contribution is 0.0549. The van der Waals surface area contributed by atoms with Gasteiger partial charge in [0.25, 0.3) is 5.91 Å². The van der Waals surface area contributed by atoms with Crippen LogP contribution in [0.5, 0.6) is 0 Å². The Kier molecular flexibility index (Phi) is 3.85. The number of amides is 1. The normalized spacial score (nSPS) is 25.6. The molecule has 26 heavy (non-hydrogen) atoms. The van der Waals surface area contributed by atoms with Crippen molar-refractivity contribution in [1.29, 1.82) is 0 Å². The lowest BCUT2D eigenvalue weighted by atomic mass is 10.00. The second kappa shape index (κ2) is 6.23. The Morgan fingerprint density at radius 2 is 2.08 bits per heavy atom. The van der Waals surface area contributed by atoms with Crippen molar-refractivity contribution in [2.24, 2.45) is 0 Å². The third-order valence-corrected chi connectivity index (χ3v) is 5.90. The van der Waals surface area contributed by atoms with Crippen LogP contribution in [0, 0.1) is 0 Å². The van der Waals surface area contributed by atoms with E-state index in [1.165, 1.54) is 37.7 Å². The quantitative estimate of drug-likeness (QED) is 0.834. The number of ether oxygens (including phenoxy) is 1. The highest BCUT2D eigenvalue weighted by atomic mass is 16.5. The van der Waals surface area contributed by atoms with E-state index in [1.54, 1.807) is 0 Å². The Morgan fingerprint density at radius 1 is 1.27 bits per heavy atom. The Bertz CT molecular complexity index is 791. The minimum atomic E-state index is -0.0388. The van der Waals surface area contributed by atoms with E-state index in [2.05, 4.69) is 26.2 Å². The number of likely N-dealkylation sites (N-methyl/N-ethyl adjacent to an activating group) is 1. The number of carbonyl (C=O) groups is 1. The second-order valence-electron chi connectivity index (χ2n) is 7.96. The molecule has 3 fully saturated rings. The molecule has 0 radical (unpaired) electrons. The summed E-state index contributed by atoms with van der Waals surface area (Å²) in [4.78, 5) is 22.8. The molecule has 7 nitrogen and oxygen atoms in total. The van der Waals surface area contributed by atoms with E-state index in [-0.39, 0.29) is 17.9 Å². The zero-order chi connectivity index (χ0) is 17.7. The Morgan fingerprint density at radius 3 is 2.77 bits per heavy atom. The number of rotatable bonds is 6. The van der Waals surface area contributed by atoms with Gasteiger partial charge in [0.05, 0.1) is 11.7 Å². The minimum Gasteiger partial charge on any atom is -0.376 e. The molecule has 2 saturated carbocycles. The number of nitrogens with one attached hydrogen (secondary N) is 2. The van der Waals surface area contributed by atoms with Gasteiger partial charge in [0.1, 0.15) is 12.2 Å². The number of aromatic nitrogens is 4. The lowest BCUT2D eigenvalue weighted by Crippen LogP contribution is -2.36. The highest BCUT2D eigenvalue weighted by Gasteiger charge is 2.37. The van der Waals surface area contributed by atoms with Gasteiger partial charge in [-0.3, -0.25) is 9.89 Å². The predicted octanol–water partition coefficient (Wildman–Crippen LogP) is 2.53. The molecule has 3 heterocycles. The summed E-state index contributed by atoms with van der Waals surface area (Å²) in [5.74, 6) is 2.29. The summed E-state index contributed by atoms with van der Waals surface area (Å²) >= 11 is 0. The summed E-state index contributed by atoms with van der Waals surface area (Å²) in [5.41, 5.74) is 3.27. The molecule has 2 aromatic rings. The van der Waals surface area contributed by atoms with Crippen LogP contribution in [-0.2, 0) is 4.74 Å². The Hall–Kier alpha value is -2.15. The van der Waals surface area contributed by atoms with Crippen molar-refractivity contribution in [2.75, 3.05) is 20.2 Å². The van der Waals surface area contributed by atoms with Crippen LogP contribution in [0.1, 0.15) is 77.4 Å². The van der Waals surface area contributed by atoms with Crippen molar-refractivity contribution in [3.63, 3.8) is 0 Å². The number of nitrogens with zero attached hydrogens (tertiary/aromatic N) is 3. The number of carbonyl (C=O) groups excluding carboxylic acids is 1. The van der Waals surface area contributed by atoms with Gasteiger partial charge < -0.3 is 14.6 Å². The molecule has 138 valence electrons. The first-order valence-corrected chi connectivity index (χ1v) is 9.66. The summed E-state index contributed by atoms with van der Waals surface area (Å²) in [6.45, 7) is 1.26. The molecule has 2 N–H and O–H groups in total. The van der Waals surface area contributed by atoms with Gasteiger partial charge in [-0.1, -0.05) is 0 Å². The Balaban J connectivity index is 1.32. The predicted molar refractivity (Wildman–Crippen MR) is 95.2 cm³/mol. The molecule has 1 saturated heterocycles. The van der Waals surface area contributed by atoms with Crippen LogP contribution in [0.3, 0.4) is 0 Å². The number of aromatic amines is 2. The van der Waals surface area contributed by atoms with Gasteiger partial charge >= 0.3 is 0 Å². The topological polar surface area (TPSA) is 86.9 Å². The van der Waals surface area contributed by atoms with Gasteiger partial charge in [0.15, 0.2) is 0 Å². The van der Waals surface area contributed by atoms with Crippen molar-refractivity contribution in [3.8, 4) is 0 Å². The van der Waals surface area contributed by atoms with E-state index in [9.17, 15) is 4.79 Å².